The van der Waals surface area contributed by atoms with Gasteiger partial charge in [-0.1, -0.05) is 41.6 Å². The van der Waals surface area contributed by atoms with Crippen LogP contribution < -0.4 is 4.74 Å². The van der Waals surface area contributed by atoms with Gasteiger partial charge in [-0.3, -0.25) is 9.78 Å². The zero-order valence-corrected chi connectivity index (χ0v) is 18.9. The van der Waals surface area contributed by atoms with Crippen molar-refractivity contribution in [3.63, 3.8) is 0 Å². The Morgan fingerprint density at radius 1 is 1.06 bits per heavy atom. The zero-order valence-electron chi connectivity index (χ0n) is 18.9. The van der Waals surface area contributed by atoms with Crippen molar-refractivity contribution in [1.82, 2.24) is 24.9 Å². The smallest absolute Gasteiger partial charge is 0.276 e. The maximum Gasteiger partial charge on any atom is 0.276 e. The number of rotatable bonds is 5. The molecule has 2 aromatic heterocycles. The lowest BCUT2D eigenvalue weighted by Gasteiger charge is -2.32. The van der Waals surface area contributed by atoms with Crippen LogP contribution >= 0.6 is 0 Å². The van der Waals surface area contributed by atoms with Crippen molar-refractivity contribution in [3.05, 3.63) is 77.7 Å². The fourth-order valence-electron chi connectivity index (χ4n) is 4.69. The minimum absolute atomic E-state index is 0.0531. The van der Waals surface area contributed by atoms with E-state index in [2.05, 4.69) is 21.4 Å². The number of pyridine rings is 1. The first-order valence-electron chi connectivity index (χ1n) is 11.3. The van der Waals surface area contributed by atoms with Gasteiger partial charge < -0.3 is 9.64 Å². The quantitative estimate of drug-likeness (QED) is 0.463. The monoisotopic (exact) mass is 441 g/mol. The van der Waals surface area contributed by atoms with E-state index >= 15 is 0 Å². The molecule has 0 unspecified atom stereocenters. The second kappa shape index (κ2) is 9.02. The molecular formula is C26H27N5O2. The van der Waals surface area contributed by atoms with Crippen LogP contribution in [0.15, 0.2) is 60.8 Å². The highest BCUT2D eigenvalue weighted by Gasteiger charge is 2.28. The number of benzene rings is 2. The molecule has 0 spiro atoms. The zero-order chi connectivity index (χ0) is 22.8. The lowest BCUT2D eigenvalue weighted by Crippen LogP contribution is -2.39. The number of carbonyl (C=O) groups is 1. The van der Waals surface area contributed by atoms with Crippen molar-refractivity contribution < 1.29 is 9.53 Å². The Morgan fingerprint density at radius 3 is 2.67 bits per heavy atom. The molecule has 0 aliphatic carbocycles. The first kappa shape index (κ1) is 21.1. The molecule has 7 heteroatoms. The van der Waals surface area contributed by atoms with Gasteiger partial charge in [-0.15, -0.1) is 5.10 Å². The normalized spacial score (nSPS) is 14.5. The lowest BCUT2D eigenvalue weighted by atomic mass is 9.89. The molecule has 2 aromatic carbocycles. The van der Waals surface area contributed by atoms with E-state index in [-0.39, 0.29) is 5.91 Å². The minimum Gasteiger partial charge on any atom is -0.496 e. The lowest BCUT2D eigenvalue weighted by molar-refractivity contribution is 0.0683. The third-order valence-corrected chi connectivity index (χ3v) is 6.54. The van der Waals surface area contributed by atoms with Crippen LogP contribution in [0, 0.1) is 12.8 Å². The number of likely N-dealkylation sites (tertiary alicyclic amines) is 1. The Hall–Kier alpha value is -3.74. The van der Waals surface area contributed by atoms with Crippen LogP contribution in [0.5, 0.6) is 5.75 Å². The summed E-state index contributed by atoms with van der Waals surface area (Å²) < 4.78 is 7.22. The van der Waals surface area contributed by atoms with Crippen LogP contribution in [0.1, 0.15) is 34.6 Å². The molecule has 1 saturated heterocycles. The van der Waals surface area contributed by atoms with Gasteiger partial charge in [-0.2, -0.15) is 0 Å². The summed E-state index contributed by atoms with van der Waals surface area (Å²) in [6, 6.07) is 18.0. The van der Waals surface area contributed by atoms with E-state index in [4.69, 9.17) is 4.74 Å². The maximum absolute atomic E-state index is 13.3. The summed E-state index contributed by atoms with van der Waals surface area (Å²) in [5.41, 5.74) is 4.03. The van der Waals surface area contributed by atoms with Crippen molar-refractivity contribution in [1.29, 1.82) is 0 Å². The van der Waals surface area contributed by atoms with Crippen LogP contribution in [-0.2, 0) is 6.42 Å². The molecule has 0 saturated carbocycles. The Morgan fingerprint density at radius 2 is 1.85 bits per heavy atom. The molecule has 1 amide bonds. The number of methoxy groups -OCH3 is 1. The number of aromatic nitrogens is 4. The highest BCUT2D eigenvalue weighted by molar-refractivity contribution is 5.94. The van der Waals surface area contributed by atoms with Crippen LogP contribution in [0.3, 0.4) is 0 Å². The second-order valence-electron chi connectivity index (χ2n) is 8.54. The van der Waals surface area contributed by atoms with Crippen molar-refractivity contribution in [2.24, 2.45) is 5.92 Å². The molecular weight excluding hydrogens is 414 g/mol. The topological polar surface area (TPSA) is 73.1 Å². The van der Waals surface area contributed by atoms with Gasteiger partial charge in [-0.05, 0) is 55.9 Å². The summed E-state index contributed by atoms with van der Waals surface area (Å²) >= 11 is 0. The van der Waals surface area contributed by atoms with E-state index in [1.54, 1.807) is 18.0 Å². The fraction of sp³-hybridized carbons (Fsp3) is 0.308. The van der Waals surface area contributed by atoms with E-state index in [0.717, 1.165) is 60.4 Å². The molecule has 0 atom stereocenters. The molecule has 3 heterocycles. The Balaban J connectivity index is 1.30. The molecule has 7 nitrogen and oxygen atoms in total. The average Bonchev–Trinajstić information content (AvgIpc) is 3.25. The van der Waals surface area contributed by atoms with Crippen molar-refractivity contribution in [2.75, 3.05) is 20.2 Å². The first-order chi connectivity index (χ1) is 16.2. The van der Waals surface area contributed by atoms with Gasteiger partial charge in [0.25, 0.3) is 5.91 Å². The third kappa shape index (κ3) is 4.06. The SMILES string of the molecule is COc1ccccc1CC1CCN(C(=O)c2nnn(-c3cccc4cccnc34)c2C)CC1. The first-order valence-corrected chi connectivity index (χ1v) is 11.3. The molecule has 168 valence electrons. The third-order valence-electron chi connectivity index (χ3n) is 6.54. The molecule has 0 radical (unpaired) electrons. The summed E-state index contributed by atoms with van der Waals surface area (Å²) in [7, 11) is 1.71. The summed E-state index contributed by atoms with van der Waals surface area (Å²) in [6.07, 6.45) is 4.66. The number of piperidine rings is 1. The van der Waals surface area contributed by atoms with Gasteiger partial charge in [0.05, 0.1) is 24.0 Å². The van der Waals surface area contributed by atoms with Gasteiger partial charge >= 0.3 is 0 Å². The Kier molecular flexibility index (Phi) is 5.77. The highest BCUT2D eigenvalue weighted by atomic mass is 16.5. The van der Waals surface area contributed by atoms with E-state index in [0.29, 0.717) is 11.6 Å². The van der Waals surface area contributed by atoms with Gasteiger partial charge in [0.1, 0.15) is 5.75 Å². The summed E-state index contributed by atoms with van der Waals surface area (Å²) in [5.74, 6) is 1.41. The number of carbonyl (C=O) groups excluding carboxylic acids is 1. The van der Waals surface area contributed by atoms with Gasteiger partial charge in [0.2, 0.25) is 0 Å². The largest absolute Gasteiger partial charge is 0.496 e. The number of amides is 1. The van der Waals surface area contributed by atoms with E-state index in [1.165, 1.54) is 5.56 Å². The number of ether oxygens (including phenoxy) is 1. The highest BCUT2D eigenvalue weighted by Crippen LogP contribution is 2.28. The van der Waals surface area contributed by atoms with Crippen LogP contribution in [0.25, 0.3) is 16.6 Å². The molecule has 0 N–H and O–H groups in total. The van der Waals surface area contributed by atoms with Crippen LogP contribution in [0.2, 0.25) is 0 Å². The summed E-state index contributed by atoms with van der Waals surface area (Å²) in [6.45, 7) is 3.34. The van der Waals surface area contributed by atoms with Crippen molar-refractivity contribution in [2.45, 2.75) is 26.2 Å². The molecule has 5 rings (SSSR count). The minimum atomic E-state index is -0.0531. The molecule has 1 fully saturated rings. The molecule has 4 aromatic rings. The van der Waals surface area contributed by atoms with E-state index < -0.39 is 0 Å². The Bertz CT molecular complexity index is 1290. The molecule has 1 aliphatic heterocycles. The second-order valence-corrected chi connectivity index (χ2v) is 8.54. The standard InChI is InChI=1S/C26H27N5O2/c1-18-24(28-29-31(18)22-10-5-8-20-9-6-14-27-25(20)22)26(32)30-15-12-19(13-16-30)17-21-7-3-4-11-23(21)33-2/h3-11,14,19H,12-13,15-17H2,1-2H3. The molecule has 0 bridgehead atoms. The Labute approximate surface area is 193 Å². The number of hydrogen-bond donors (Lipinski definition) is 0. The van der Waals surface area contributed by atoms with E-state index in [1.807, 2.05) is 60.4 Å². The fourth-order valence-corrected chi connectivity index (χ4v) is 4.69. The van der Waals surface area contributed by atoms with Crippen LogP contribution in [0.4, 0.5) is 0 Å². The van der Waals surface area contributed by atoms with Gasteiger partial charge in [0, 0.05) is 24.7 Å². The predicted octanol–water partition coefficient (Wildman–Crippen LogP) is 4.23. The number of para-hydroxylation sites is 2. The number of hydrogen-bond acceptors (Lipinski definition) is 5. The number of fused-ring (bicyclic) bond motifs is 1. The van der Waals surface area contributed by atoms with Crippen molar-refractivity contribution in [3.8, 4) is 11.4 Å². The number of nitrogens with zero attached hydrogens (tertiary/aromatic N) is 5. The van der Waals surface area contributed by atoms with Crippen LogP contribution in [-0.4, -0.2) is 51.0 Å². The predicted molar refractivity (Wildman–Crippen MR) is 127 cm³/mol. The molecule has 1 aliphatic rings. The van der Waals surface area contributed by atoms with Gasteiger partial charge in [0.15, 0.2) is 5.69 Å². The van der Waals surface area contributed by atoms with E-state index in [9.17, 15) is 4.79 Å². The summed E-state index contributed by atoms with van der Waals surface area (Å²) in [5, 5.41) is 9.59. The van der Waals surface area contributed by atoms with Gasteiger partial charge in [-0.25, -0.2) is 4.68 Å². The average molecular weight is 442 g/mol. The summed E-state index contributed by atoms with van der Waals surface area (Å²) in [4.78, 5) is 19.7. The molecule has 33 heavy (non-hydrogen) atoms. The van der Waals surface area contributed by atoms with Crippen molar-refractivity contribution >= 4 is 16.8 Å². The maximum atomic E-state index is 13.3.